The molecule has 216 valence electrons. The van der Waals surface area contributed by atoms with Crippen molar-refractivity contribution in [1.82, 2.24) is 9.55 Å². The molecule has 0 fully saturated rings. The normalized spacial score (nSPS) is 11.6. The number of aryl methyl sites for hydroxylation is 4. The Morgan fingerprint density at radius 3 is 2.29 bits per heavy atom. The van der Waals surface area contributed by atoms with Crippen molar-refractivity contribution in [3.63, 3.8) is 0 Å². The minimum absolute atomic E-state index is 0.0448. The van der Waals surface area contributed by atoms with Gasteiger partial charge in [0.15, 0.2) is 9.84 Å². The molecule has 0 radical (unpaired) electrons. The van der Waals surface area contributed by atoms with Gasteiger partial charge in [0.2, 0.25) is 0 Å². The zero-order valence-electron chi connectivity index (χ0n) is 23.8. The van der Waals surface area contributed by atoms with E-state index in [1.165, 1.54) is 34.9 Å². The molecule has 8 nitrogen and oxygen atoms in total. The number of halogens is 1. The molecule has 2 heterocycles. The van der Waals surface area contributed by atoms with E-state index in [4.69, 9.17) is 4.74 Å². The van der Waals surface area contributed by atoms with Crippen molar-refractivity contribution in [3.05, 3.63) is 105 Å². The zero-order valence-corrected chi connectivity index (χ0v) is 24.6. The molecule has 0 saturated carbocycles. The number of aromatic nitrogens is 2. The van der Waals surface area contributed by atoms with Crippen molar-refractivity contribution < 1.29 is 22.3 Å². The number of carbonyl (C=O) groups excluding carboxylic acids is 1. The van der Waals surface area contributed by atoms with Crippen LogP contribution in [-0.4, -0.2) is 30.1 Å². The topological polar surface area (TPSA) is 110 Å². The van der Waals surface area contributed by atoms with E-state index < -0.39 is 21.6 Å². The first-order chi connectivity index (χ1) is 19.8. The summed E-state index contributed by atoms with van der Waals surface area (Å²) in [5.41, 5.74) is 3.65. The molecule has 0 spiro atoms. The van der Waals surface area contributed by atoms with Crippen LogP contribution in [0, 0.1) is 19.7 Å². The Morgan fingerprint density at radius 1 is 1.00 bits per heavy atom. The van der Waals surface area contributed by atoms with Crippen LogP contribution in [0.15, 0.2) is 76.6 Å². The van der Waals surface area contributed by atoms with Crippen LogP contribution in [-0.2, 0) is 23.3 Å². The number of nitrogens with zero attached hydrogens (tertiary/aromatic N) is 1. The highest BCUT2D eigenvalue weighted by atomic mass is 32.2. The number of H-pyrrole nitrogens is 1. The molecule has 0 saturated heterocycles. The van der Waals surface area contributed by atoms with Crippen LogP contribution in [0.25, 0.3) is 22.0 Å². The van der Waals surface area contributed by atoms with Crippen molar-refractivity contribution >= 4 is 32.3 Å². The predicted octanol–water partition coefficient (Wildman–Crippen LogP) is 6.30. The Kier molecular flexibility index (Phi) is 7.51. The zero-order chi connectivity index (χ0) is 30.3. The van der Waals surface area contributed by atoms with E-state index in [1.54, 1.807) is 33.2 Å². The first kappa shape index (κ1) is 28.8. The number of nitrogens with one attached hydrogen (secondary N) is 2. The van der Waals surface area contributed by atoms with E-state index in [1.807, 2.05) is 31.2 Å². The molecule has 5 aromatic rings. The molecule has 0 unspecified atom stereocenters. The highest BCUT2D eigenvalue weighted by Crippen LogP contribution is 2.40. The molecule has 0 aliphatic rings. The van der Waals surface area contributed by atoms with Gasteiger partial charge in [0.05, 0.1) is 4.90 Å². The molecule has 2 N–H and O–H groups in total. The number of hydrogen-bond donors (Lipinski definition) is 2. The number of rotatable bonds is 7. The van der Waals surface area contributed by atoms with Crippen molar-refractivity contribution in [1.29, 1.82) is 0 Å². The van der Waals surface area contributed by atoms with Crippen LogP contribution in [0.5, 0.6) is 11.5 Å². The average Bonchev–Trinajstić information content (AvgIpc) is 3.39. The van der Waals surface area contributed by atoms with Crippen LogP contribution in [0.1, 0.15) is 34.1 Å². The van der Waals surface area contributed by atoms with Crippen molar-refractivity contribution in [3.8, 4) is 22.6 Å². The van der Waals surface area contributed by atoms with E-state index in [0.717, 1.165) is 18.2 Å². The number of pyridine rings is 1. The smallest absolute Gasteiger partial charge is 0.274 e. The van der Waals surface area contributed by atoms with Gasteiger partial charge in [-0.1, -0.05) is 19.1 Å². The summed E-state index contributed by atoms with van der Waals surface area (Å²) in [7, 11) is -2.04. The third kappa shape index (κ3) is 5.58. The number of carbonyl (C=O) groups is 1. The summed E-state index contributed by atoms with van der Waals surface area (Å²) in [6.07, 6.45) is 3.54. The summed E-state index contributed by atoms with van der Waals surface area (Å²) < 4.78 is 46.7. The lowest BCUT2D eigenvalue weighted by Crippen LogP contribution is -2.17. The largest absolute Gasteiger partial charge is 0.456 e. The second-order valence-electron chi connectivity index (χ2n) is 10.3. The van der Waals surface area contributed by atoms with E-state index in [9.17, 15) is 22.4 Å². The van der Waals surface area contributed by atoms with Crippen molar-refractivity contribution in [2.75, 3.05) is 11.6 Å². The molecule has 5 rings (SSSR count). The lowest BCUT2D eigenvalue weighted by atomic mass is 10.0. The Labute approximate surface area is 242 Å². The van der Waals surface area contributed by atoms with Gasteiger partial charge in [-0.15, -0.1) is 0 Å². The van der Waals surface area contributed by atoms with Gasteiger partial charge >= 0.3 is 0 Å². The van der Waals surface area contributed by atoms with Crippen LogP contribution in [0.4, 0.5) is 10.1 Å². The summed E-state index contributed by atoms with van der Waals surface area (Å²) in [6.45, 7) is 5.47. The van der Waals surface area contributed by atoms with Gasteiger partial charge in [-0.05, 0) is 85.5 Å². The third-order valence-corrected chi connectivity index (χ3v) is 8.25. The first-order valence-corrected chi connectivity index (χ1v) is 15.2. The summed E-state index contributed by atoms with van der Waals surface area (Å²) in [5, 5.41) is 3.25. The van der Waals surface area contributed by atoms with Crippen molar-refractivity contribution in [2.24, 2.45) is 7.05 Å². The number of fused-ring (bicyclic) bond motifs is 1. The van der Waals surface area contributed by atoms with Gasteiger partial charge in [-0.2, -0.15) is 0 Å². The summed E-state index contributed by atoms with van der Waals surface area (Å²) in [4.78, 5) is 29.3. The fourth-order valence-electron chi connectivity index (χ4n) is 4.90. The van der Waals surface area contributed by atoms with Crippen LogP contribution >= 0.6 is 0 Å². The van der Waals surface area contributed by atoms with E-state index in [0.29, 0.717) is 44.8 Å². The Morgan fingerprint density at radius 2 is 1.67 bits per heavy atom. The number of hydrogen-bond acceptors (Lipinski definition) is 5. The van der Waals surface area contributed by atoms with Crippen LogP contribution in [0.3, 0.4) is 0 Å². The quantitative estimate of drug-likeness (QED) is 0.232. The number of amides is 1. The second kappa shape index (κ2) is 10.9. The number of anilines is 1. The van der Waals surface area contributed by atoms with Gasteiger partial charge in [0.1, 0.15) is 28.5 Å². The predicted molar refractivity (Wildman–Crippen MR) is 162 cm³/mol. The molecule has 0 bridgehead atoms. The summed E-state index contributed by atoms with van der Waals surface area (Å²) >= 11 is 0. The van der Waals surface area contributed by atoms with E-state index in [2.05, 4.69) is 10.3 Å². The average molecular weight is 588 g/mol. The van der Waals surface area contributed by atoms with Gasteiger partial charge in [-0.25, -0.2) is 12.8 Å². The number of aromatic amines is 1. The molecule has 42 heavy (non-hydrogen) atoms. The van der Waals surface area contributed by atoms with E-state index in [-0.39, 0.29) is 21.7 Å². The Balaban J connectivity index is 1.67. The monoisotopic (exact) mass is 587 g/mol. The molecule has 2 aromatic heterocycles. The van der Waals surface area contributed by atoms with Gasteiger partial charge in [0, 0.05) is 41.7 Å². The van der Waals surface area contributed by atoms with Gasteiger partial charge in [-0.3, -0.25) is 9.59 Å². The van der Waals surface area contributed by atoms with Gasteiger partial charge in [0.25, 0.3) is 11.5 Å². The summed E-state index contributed by atoms with van der Waals surface area (Å²) in [5.74, 6) is -0.121. The lowest BCUT2D eigenvalue weighted by Gasteiger charge is -2.17. The second-order valence-corrected chi connectivity index (χ2v) is 12.4. The van der Waals surface area contributed by atoms with E-state index >= 15 is 0 Å². The molecule has 0 aliphatic heterocycles. The number of ether oxygens (including phenoxy) is 1. The van der Waals surface area contributed by atoms with Crippen LogP contribution in [0.2, 0.25) is 0 Å². The molecule has 0 aliphatic carbocycles. The maximum Gasteiger partial charge on any atom is 0.274 e. The van der Waals surface area contributed by atoms with Crippen molar-refractivity contribution in [2.45, 2.75) is 32.1 Å². The molecule has 3 aromatic carbocycles. The maximum absolute atomic E-state index is 14.0. The lowest BCUT2D eigenvalue weighted by molar-refractivity contribution is 0.102. The van der Waals surface area contributed by atoms with Gasteiger partial charge < -0.3 is 19.6 Å². The fourth-order valence-corrected chi connectivity index (χ4v) is 5.55. The number of sulfone groups is 1. The first-order valence-electron chi connectivity index (χ1n) is 13.3. The molecular weight excluding hydrogens is 557 g/mol. The third-order valence-electron chi connectivity index (χ3n) is 7.14. The fraction of sp³-hybridized carbons (Fsp3) is 0.188. The Hall–Kier alpha value is -4.70. The highest BCUT2D eigenvalue weighted by Gasteiger charge is 2.21. The minimum atomic E-state index is -3.61. The molecule has 10 heteroatoms. The highest BCUT2D eigenvalue weighted by molar-refractivity contribution is 7.90. The van der Waals surface area contributed by atoms with Crippen LogP contribution < -0.4 is 15.6 Å². The Bertz CT molecular complexity index is 2000. The molecule has 1 amide bonds. The summed E-state index contributed by atoms with van der Waals surface area (Å²) in [6, 6.07) is 16.2. The minimum Gasteiger partial charge on any atom is -0.456 e. The molecular formula is C32H30FN3O5S. The standard InChI is InChI=1S/C32H30FN3O5S/c1-6-20-7-9-22(10-8-20)34-31(37)27-16-25-26(17-36(4)32(38)29(25)35-27)24-15-23(42(5,39)40)11-12-28(24)41-30-18(2)13-21(33)14-19(30)3/h7-17,35H,6H2,1-5H3,(H,34,37). The maximum atomic E-state index is 14.0. The molecule has 0 atom stereocenters. The number of benzene rings is 3. The SMILES string of the molecule is CCc1ccc(NC(=O)c2cc3c(-c4cc(S(C)(=O)=O)ccc4Oc4c(C)cc(F)cc4C)cn(C)c(=O)c3[nH]2)cc1.